The Morgan fingerprint density at radius 1 is 1.19 bits per heavy atom. The van der Waals surface area contributed by atoms with Gasteiger partial charge in [0.1, 0.15) is 5.82 Å². The van der Waals surface area contributed by atoms with Crippen molar-refractivity contribution < 1.29 is 27.4 Å². The molecule has 0 radical (unpaired) electrons. The van der Waals surface area contributed by atoms with E-state index in [2.05, 4.69) is 19.8 Å². The second kappa shape index (κ2) is 7.36. The lowest BCUT2D eigenvalue weighted by Crippen LogP contribution is -2.27. The van der Waals surface area contributed by atoms with Gasteiger partial charge in [-0.15, -0.1) is 8.78 Å². The number of anilines is 1. The molecule has 2 aromatic carbocycles. The van der Waals surface area contributed by atoms with Crippen molar-refractivity contribution in [3.05, 3.63) is 69.4 Å². The van der Waals surface area contributed by atoms with Crippen LogP contribution in [0.1, 0.15) is 34.9 Å². The number of nitrogens with zero attached hydrogens (tertiary/aromatic N) is 1. The molecule has 3 aromatic rings. The fourth-order valence-electron chi connectivity index (χ4n) is 3.63. The van der Waals surface area contributed by atoms with E-state index in [1.165, 1.54) is 47.9 Å². The van der Waals surface area contributed by atoms with Gasteiger partial charge in [0.25, 0.3) is 0 Å². The number of nitrogens with one attached hydrogen (secondary N) is 1. The first-order valence-corrected chi connectivity index (χ1v) is 10.7. The number of rotatable bonds is 5. The number of hydrogen-bond acceptors (Lipinski definition) is 6. The number of benzene rings is 2. The summed E-state index contributed by atoms with van der Waals surface area (Å²) in [4.78, 5) is 17.8. The van der Waals surface area contributed by atoms with Crippen LogP contribution in [0.4, 0.5) is 18.3 Å². The smallest absolute Gasteiger partial charge is 0.395 e. The number of thiazole rings is 1. The summed E-state index contributed by atoms with van der Waals surface area (Å²) in [6.07, 6.45) is -1.09. The molecular formula is C21H15ClF3N3O3S. The molecule has 1 aromatic heterocycles. The first-order valence-electron chi connectivity index (χ1n) is 9.55. The molecule has 1 amide bonds. The fourth-order valence-corrected chi connectivity index (χ4v) is 4.75. The first-order chi connectivity index (χ1) is 15.2. The minimum absolute atomic E-state index is 0.0760. The van der Waals surface area contributed by atoms with Crippen molar-refractivity contribution in [1.29, 1.82) is 0 Å². The van der Waals surface area contributed by atoms with Gasteiger partial charge in [-0.1, -0.05) is 35.1 Å². The number of alkyl halides is 2. The summed E-state index contributed by atoms with van der Waals surface area (Å²) in [6, 6.07) is 7.66. The first kappa shape index (κ1) is 21.0. The van der Waals surface area contributed by atoms with Gasteiger partial charge in [-0.05, 0) is 48.2 Å². The molecule has 32 heavy (non-hydrogen) atoms. The van der Waals surface area contributed by atoms with Crippen LogP contribution >= 0.6 is 22.9 Å². The van der Waals surface area contributed by atoms with Gasteiger partial charge in [-0.2, -0.15) is 0 Å². The van der Waals surface area contributed by atoms with E-state index >= 15 is 0 Å². The highest BCUT2D eigenvalue weighted by Gasteiger charge is 2.53. The molecule has 0 unspecified atom stereocenters. The Morgan fingerprint density at radius 2 is 1.94 bits per heavy atom. The van der Waals surface area contributed by atoms with E-state index in [9.17, 15) is 18.0 Å². The van der Waals surface area contributed by atoms with Gasteiger partial charge < -0.3 is 20.5 Å². The van der Waals surface area contributed by atoms with Crippen LogP contribution in [-0.4, -0.2) is 17.2 Å². The van der Waals surface area contributed by atoms with E-state index in [4.69, 9.17) is 17.3 Å². The molecule has 1 atom stereocenters. The summed E-state index contributed by atoms with van der Waals surface area (Å²) in [5, 5.41) is 3.30. The SMILES string of the molecule is N[C@@H](c1cnc(NC(=O)C2(c3ccc4c(c3)OC(F)(F)O4)CC2)s1)c1ccc(F)cc1Cl. The average Bonchev–Trinajstić information content (AvgIpc) is 3.30. The predicted octanol–water partition coefficient (Wildman–Crippen LogP) is 4.98. The highest BCUT2D eigenvalue weighted by Crippen LogP contribution is 2.52. The summed E-state index contributed by atoms with van der Waals surface area (Å²) < 4.78 is 48.8. The molecule has 0 spiro atoms. The third-order valence-electron chi connectivity index (χ3n) is 5.49. The number of fused-ring (bicyclic) bond motifs is 1. The van der Waals surface area contributed by atoms with Gasteiger partial charge >= 0.3 is 6.29 Å². The average molecular weight is 482 g/mol. The topological polar surface area (TPSA) is 86.5 Å². The fraction of sp³-hybridized carbons (Fsp3) is 0.238. The van der Waals surface area contributed by atoms with Crippen LogP contribution in [0.3, 0.4) is 0 Å². The minimum Gasteiger partial charge on any atom is -0.395 e. The van der Waals surface area contributed by atoms with Crippen LogP contribution in [0.15, 0.2) is 42.6 Å². The summed E-state index contributed by atoms with van der Waals surface area (Å²) in [5.74, 6) is -0.958. The van der Waals surface area contributed by atoms with E-state index in [0.29, 0.717) is 34.0 Å². The molecule has 5 rings (SSSR count). The molecule has 1 saturated carbocycles. The normalized spacial score (nSPS) is 18.3. The summed E-state index contributed by atoms with van der Waals surface area (Å²) in [5.41, 5.74) is 6.47. The van der Waals surface area contributed by atoms with Gasteiger partial charge in [0.05, 0.1) is 11.5 Å². The van der Waals surface area contributed by atoms with Gasteiger partial charge in [0.15, 0.2) is 16.6 Å². The number of amides is 1. The van der Waals surface area contributed by atoms with E-state index < -0.39 is 23.6 Å². The Bertz CT molecular complexity index is 1230. The quantitative estimate of drug-likeness (QED) is 0.537. The second-order valence-electron chi connectivity index (χ2n) is 7.58. The molecule has 6 nitrogen and oxygen atoms in total. The third-order valence-corrected chi connectivity index (χ3v) is 6.81. The zero-order chi connectivity index (χ0) is 22.7. The number of carbonyl (C=O) groups excluding carboxylic acids is 1. The predicted molar refractivity (Wildman–Crippen MR) is 112 cm³/mol. The van der Waals surface area contributed by atoms with Crippen molar-refractivity contribution in [3.8, 4) is 11.5 Å². The van der Waals surface area contributed by atoms with Crippen LogP contribution in [0.2, 0.25) is 5.02 Å². The van der Waals surface area contributed by atoms with Crippen LogP contribution < -0.4 is 20.5 Å². The molecule has 166 valence electrons. The van der Waals surface area contributed by atoms with Crippen molar-refractivity contribution >= 4 is 34.0 Å². The summed E-state index contributed by atoms with van der Waals surface area (Å²) in [6.45, 7) is 0. The van der Waals surface area contributed by atoms with Crippen LogP contribution in [0.5, 0.6) is 11.5 Å². The molecule has 1 fully saturated rings. The van der Waals surface area contributed by atoms with Crippen LogP contribution in [-0.2, 0) is 10.2 Å². The largest absolute Gasteiger partial charge is 0.586 e. The number of halogens is 4. The number of ether oxygens (including phenoxy) is 2. The Kier molecular flexibility index (Phi) is 4.84. The Labute approximate surface area is 189 Å². The zero-order valence-corrected chi connectivity index (χ0v) is 17.8. The van der Waals surface area contributed by atoms with Crippen LogP contribution in [0, 0.1) is 5.82 Å². The van der Waals surface area contributed by atoms with Gasteiger partial charge in [-0.3, -0.25) is 4.79 Å². The van der Waals surface area contributed by atoms with Crippen molar-refractivity contribution in [1.82, 2.24) is 4.98 Å². The molecule has 3 N–H and O–H groups in total. The van der Waals surface area contributed by atoms with Crippen molar-refractivity contribution in [3.63, 3.8) is 0 Å². The molecule has 2 aliphatic rings. The maximum absolute atomic E-state index is 13.3. The number of nitrogens with two attached hydrogens (primary N) is 1. The molecular weight excluding hydrogens is 467 g/mol. The maximum atomic E-state index is 13.3. The van der Waals surface area contributed by atoms with Gasteiger partial charge in [0, 0.05) is 16.1 Å². The Hall–Kier alpha value is -2.82. The molecule has 1 aliphatic heterocycles. The third kappa shape index (κ3) is 3.68. The maximum Gasteiger partial charge on any atom is 0.586 e. The Balaban J connectivity index is 1.33. The standard InChI is InChI=1S/C21H15ClF3N3O3S/c22-13-8-11(23)2-3-12(13)17(26)16-9-27-19(32-16)28-18(29)20(5-6-20)10-1-4-14-15(7-10)31-21(24,25)30-14/h1-4,7-9,17H,5-6,26H2,(H,27,28,29)/t17-/m1/s1. The van der Waals surface area contributed by atoms with Crippen molar-refractivity contribution in [2.75, 3.05) is 5.32 Å². The lowest BCUT2D eigenvalue weighted by atomic mass is 9.94. The van der Waals surface area contributed by atoms with E-state index in [0.717, 1.165) is 0 Å². The highest BCUT2D eigenvalue weighted by atomic mass is 35.5. The second-order valence-corrected chi connectivity index (χ2v) is 9.05. The number of aromatic nitrogens is 1. The summed E-state index contributed by atoms with van der Waals surface area (Å²) >= 11 is 7.26. The highest BCUT2D eigenvalue weighted by molar-refractivity contribution is 7.15. The van der Waals surface area contributed by atoms with Crippen molar-refractivity contribution in [2.24, 2.45) is 5.73 Å². The zero-order valence-electron chi connectivity index (χ0n) is 16.2. The van der Waals surface area contributed by atoms with E-state index in [1.54, 1.807) is 6.07 Å². The molecule has 0 bridgehead atoms. The Morgan fingerprint density at radius 3 is 2.66 bits per heavy atom. The minimum atomic E-state index is -3.72. The monoisotopic (exact) mass is 481 g/mol. The lowest BCUT2D eigenvalue weighted by Gasteiger charge is -2.15. The summed E-state index contributed by atoms with van der Waals surface area (Å²) in [7, 11) is 0. The molecule has 0 saturated heterocycles. The van der Waals surface area contributed by atoms with Gasteiger partial charge in [0.2, 0.25) is 5.91 Å². The van der Waals surface area contributed by atoms with E-state index in [-0.39, 0.29) is 22.4 Å². The van der Waals surface area contributed by atoms with Gasteiger partial charge in [-0.25, -0.2) is 9.37 Å². The number of carbonyl (C=O) groups is 1. The molecule has 2 heterocycles. The lowest BCUT2D eigenvalue weighted by molar-refractivity contribution is -0.286. The van der Waals surface area contributed by atoms with E-state index in [1.807, 2.05) is 0 Å². The molecule has 1 aliphatic carbocycles. The van der Waals surface area contributed by atoms with Crippen LogP contribution in [0.25, 0.3) is 0 Å². The molecule has 11 heteroatoms. The number of hydrogen-bond donors (Lipinski definition) is 2. The van der Waals surface area contributed by atoms with Crippen molar-refractivity contribution in [2.45, 2.75) is 30.6 Å².